The van der Waals surface area contributed by atoms with Gasteiger partial charge in [0, 0.05) is 28.7 Å². The molecule has 1 saturated heterocycles. The minimum atomic E-state index is -1.60. The molecule has 1 aromatic heterocycles. The van der Waals surface area contributed by atoms with Crippen LogP contribution in [-0.4, -0.2) is 36.1 Å². The summed E-state index contributed by atoms with van der Waals surface area (Å²) >= 11 is 12.2. The lowest BCUT2D eigenvalue weighted by atomic mass is 9.68. The minimum absolute atomic E-state index is 0.0578. The Morgan fingerprint density at radius 2 is 1.88 bits per heavy atom. The molecule has 0 spiro atoms. The second kappa shape index (κ2) is 11.4. The number of anilines is 1. The molecule has 0 radical (unpaired) electrons. The molecule has 1 fully saturated rings. The van der Waals surface area contributed by atoms with E-state index in [0.29, 0.717) is 6.42 Å². The molecule has 1 amide bonds. The van der Waals surface area contributed by atoms with Crippen molar-refractivity contribution < 1.29 is 23.1 Å². The third kappa shape index (κ3) is 5.83. The molecule has 0 bridgehead atoms. The molecule has 4 N–H and O–H groups in total. The van der Waals surface area contributed by atoms with Gasteiger partial charge in [0.1, 0.15) is 17.5 Å². The number of carbonyl (C=O) groups excluding carboxylic acids is 2. The molecule has 2 heterocycles. The predicted molar refractivity (Wildman–Crippen MR) is 150 cm³/mol. The summed E-state index contributed by atoms with van der Waals surface area (Å²) < 4.78 is 35.9. The van der Waals surface area contributed by atoms with E-state index in [-0.39, 0.29) is 38.0 Å². The fraction of sp³-hybridized carbons (Fsp3) is 0.345. The van der Waals surface area contributed by atoms with Crippen molar-refractivity contribution in [3.8, 4) is 0 Å². The first-order valence-electron chi connectivity index (χ1n) is 12.6. The summed E-state index contributed by atoms with van der Waals surface area (Å²) in [6.45, 7) is 5.97. The van der Waals surface area contributed by atoms with Crippen LogP contribution < -0.4 is 16.4 Å². The van der Waals surface area contributed by atoms with Gasteiger partial charge in [-0.25, -0.2) is 18.6 Å². The van der Waals surface area contributed by atoms with Gasteiger partial charge in [-0.2, -0.15) is 0 Å². The van der Waals surface area contributed by atoms with Gasteiger partial charge in [0.15, 0.2) is 0 Å². The summed E-state index contributed by atoms with van der Waals surface area (Å²) in [5, 5.41) is 6.01. The molecule has 2 aromatic carbocycles. The molecule has 3 aromatic rings. The smallest absolute Gasteiger partial charge is 0.339 e. The number of hydrogen-bond donors (Lipinski definition) is 3. The zero-order valence-corrected chi connectivity index (χ0v) is 23.9. The van der Waals surface area contributed by atoms with Crippen molar-refractivity contribution in [1.82, 2.24) is 10.3 Å². The van der Waals surface area contributed by atoms with E-state index in [0.717, 1.165) is 6.07 Å². The van der Waals surface area contributed by atoms with E-state index in [1.807, 2.05) is 20.8 Å². The quantitative estimate of drug-likeness (QED) is 0.313. The Bertz CT molecular complexity index is 1430. The van der Waals surface area contributed by atoms with Crippen LogP contribution in [0.5, 0.6) is 0 Å². The molecule has 4 rings (SSSR count). The van der Waals surface area contributed by atoms with E-state index in [1.165, 1.54) is 49.7 Å². The average Bonchev–Trinajstić information content (AvgIpc) is 3.16. The van der Waals surface area contributed by atoms with Crippen molar-refractivity contribution in [2.75, 3.05) is 12.4 Å². The fourth-order valence-corrected chi connectivity index (χ4v) is 5.66. The van der Waals surface area contributed by atoms with Crippen LogP contribution in [0.15, 0.2) is 54.7 Å². The number of ether oxygens (including phenoxy) is 1. The molecule has 212 valence electrons. The van der Waals surface area contributed by atoms with E-state index in [1.54, 1.807) is 6.07 Å². The highest BCUT2D eigenvalue weighted by Crippen LogP contribution is 2.50. The summed E-state index contributed by atoms with van der Waals surface area (Å²) in [7, 11) is 1.25. The Morgan fingerprint density at radius 3 is 2.48 bits per heavy atom. The Hall–Kier alpha value is -3.11. The summed E-state index contributed by atoms with van der Waals surface area (Å²) in [6, 6.07) is 9.65. The van der Waals surface area contributed by atoms with Gasteiger partial charge >= 0.3 is 5.97 Å². The first-order chi connectivity index (χ1) is 18.8. The number of hydrogen-bond acceptors (Lipinski definition) is 6. The van der Waals surface area contributed by atoms with Crippen molar-refractivity contribution in [3.63, 3.8) is 0 Å². The van der Waals surface area contributed by atoms with Crippen LogP contribution in [0.1, 0.15) is 54.6 Å². The van der Waals surface area contributed by atoms with Crippen LogP contribution in [0.4, 0.5) is 14.6 Å². The normalized spacial score (nSPS) is 22.7. The van der Waals surface area contributed by atoms with Gasteiger partial charge in [0.05, 0.1) is 29.3 Å². The number of aromatic nitrogens is 1. The van der Waals surface area contributed by atoms with Gasteiger partial charge in [-0.3, -0.25) is 4.79 Å². The molecular weight excluding hydrogens is 561 g/mol. The number of carbonyl (C=O) groups is 2. The molecular formula is C29H30Cl2F2N4O3. The van der Waals surface area contributed by atoms with Crippen LogP contribution in [0.2, 0.25) is 10.0 Å². The molecule has 40 heavy (non-hydrogen) atoms. The third-order valence-electron chi connectivity index (χ3n) is 7.05. The van der Waals surface area contributed by atoms with Gasteiger partial charge in [-0.05, 0) is 47.7 Å². The van der Waals surface area contributed by atoms with Crippen molar-refractivity contribution in [3.05, 3.63) is 93.1 Å². The Labute approximate surface area is 241 Å². The molecule has 0 saturated carbocycles. The van der Waals surface area contributed by atoms with Crippen LogP contribution >= 0.6 is 23.2 Å². The van der Waals surface area contributed by atoms with Crippen molar-refractivity contribution in [2.45, 2.75) is 50.7 Å². The van der Waals surface area contributed by atoms with Crippen LogP contribution in [-0.2, 0) is 15.1 Å². The zero-order valence-electron chi connectivity index (χ0n) is 22.4. The van der Waals surface area contributed by atoms with E-state index in [4.69, 9.17) is 28.9 Å². The van der Waals surface area contributed by atoms with E-state index in [2.05, 4.69) is 20.4 Å². The first kappa shape index (κ1) is 29.9. The maximum Gasteiger partial charge on any atom is 0.339 e. The number of esters is 1. The number of pyridine rings is 1. The maximum atomic E-state index is 15.6. The van der Waals surface area contributed by atoms with Crippen LogP contribution in [0, 0.1) is 17.0 Å². The Kier molecular flexibility index (Phi) is 8.52. The second-order valence-electron chi connectivity index (χ2n) is 11.1. The topological polar surface area (TPSA) is 106 Å². The first-order valence-corrected chi connectivity index (χ1v) is 13.3. The number of benzene rings is 2. The number of nitrogens with one attached hydrogen (secondary N) is 2. The molecule has 0 aliphatic carbocycles. The minimum Gasteiger partial charge on any atom is -0.465 e. The van der Waals surface area contributed by atoms with Gasteiger partial charge in [0.25, 0.3) is 0 Å². The van der Waals surface area contributed by atoms with E-state index < -0.39 is 47.1 Å². The number of nitrogens with zero attached hydrogens (tertiary/aromatic N) is 1. The lowest BCUT2D eigenvalue weighted by molar-refractivity contribution is -0.118. The number of amides is 1. The van der Waals surface area contributed by atoms with Crippen molar-refractivity contribution >= 4 is 40.9 Å². The monoisotopic (exact) mass is 590 g/mol. The van der Waals surface area contributed by atoms with Crippen molar-refractivity contribution in [1.29, 1.82) is 0 Å². The van der Waals surface area contributed by atoms with E-state index >= 15 is 8.78 Å². The van der Waals surface area contributed by atoms with Gasteiger partial charge in [-0.1, -0.05) is 62.2 Å². The standard InChI is InChI=1S/C29H30Cl2F2N4O3/c1-28(2,3)13-21-29(34,18-10-9-16(30)12-20(18)32)23(17-6-5-7-19(31)24(17)33)25(36-21)26(38)37-22-11-8-15(14-35-22)27(39)40-4/h5-12,14,21,23,25,36H,13,34H2,1-4H3,(H,35,37,38)/t21-,23-,25+,29+/m0/s1. The molecule has 11 heteroatoms. The van der Waals surface area contributed by atoms with E-state index in [9.17, 15) is 9.59 Å². The summed E-state index contributed by atoms with van der Waals surface area (Å²) in [4.78, 5) is 29.7. The van der Waals surface area contributed by atoms with Gasteiger partial charge in [0.2, 0.25) is 5.91 Å². The number of methoxy groups -OCH3 is 1. The number of rotatable bonds is 6. The third-order valence-corrected chi connectivity index (χ3v) is 7.58. The highest BCUT2D eigenvalue weighted by Gasteiger charge is 2.58. The molecule has 0 unspecified atom stereocenters. The fourth-order valence-electron chi connectivity index (χ4n) is 5.31. The highest BCUT2D eigenvalue weighted by molar-refractivity contribution is 6.31. The molecule has 1 aliphatic rings. The lowest BCUT2D eigenvalue weighted by Gasteiger charge is -2.40. The largest absolute Gasteiger partial charge is 0.465 e. The SMILES string of the molecule is COC(=O)c1ccc(NC(=O)[C@@H]2N[C@@H](CC(C)(C)C)[C@](N)(c3ccc(Cl)cc3F)[C@H]2c2cccc(Cl)c2F)nc1. The lowest BCUT2D eigenvalue weighted by Crippen LogP contribution is -2.52. The number of halogens is 4. The molecule has 1 aliphatic heterocycles. The van der Waals surface area contributed by atoms with Crippen LogP contribution in [0.25, 0.3) is 0 Å². The Balaban J connectivity index is 1.85. The molecule has 7 nitrogen and oxygen atoms in total. The molecule has 4 atom stereocenters. The van der Waals surface area contributed by atoms with Gasteiger partial charge < -0.3 is 21.1 Å². The number of nitrogens with two attached hydrogens (primary N) is 1. The average molecular weight is 591 g/mol. The summed E-state index contributed by atoms with van der Waals surface area (Å²) in [5.41, 5.74) is 5.60. The highest BCUT2D eigenvalue weighted by atomic mass is 35.5. The Morgan fingerprint density at radius 1 is 1.15 bits per heavy atom. The predicted octanol–water partition coefficient (Wildman–Crippen LogP) is 5.81. The maximum absolute atomic E-state index is 15.6. The summed E-state index contributed by atoms with van der Waals surface area (Å²) in [5.74, 6) is -3.54. The van der Waals surface area contributed by atoms with Gasteiger partial charge in [-0.15, -0.1) is 0 Å². The zero-order chi connectivity index (χ0) is 29.4. The summed E-state index contributed by atoms with van der Waals surface area (Å²) in [6.07, 6.45) is 1.68. The van der Waals surface area contributed by atoms with Crippen LogP contribution in [0.3, 0.4) is 0 Å². The van der Waals surface area contributed by atoms with Crippen molar-refractivity contribution in [2.24, 2.45) is 11.1 Å². The second-order valence-corrected chi connectivity index (χ2v) is 11.9.